The standard InChI is InChI=1S/C14H25N3OS/c1-5-6-12-13(7-15-4)19-14(16-12)17-8-10(2)18-11(3)9-17/h10-11,15H,5-9H2,1-4H3. The number of hydrogen-bond acceptors (Lipinski definition) is 5. The highest BCUT2D eigenvalue weighted by atomic mass is 32.1. The second-order valence-corrected chi connectivity index (χ2v) is 6.37. The summed E-state index contributed by atoms with van der Waals surface area (Å²) in [5.41, 5.74) is 1.27. The fourth-order valence-corrected chi connectivity index (χ4v) is 3.71. The van der Waals surface area contributed by atoms with Crippen molar-refractivity contribution < 1.29 is 4.74 Å². The predicted octanol–water partition coefficient (Wildman–Crippen LogP) is 2.43. The number of anilines is 1. The van der Waals surface area contributed by atoms with E-state index in [0.717, 1.165) is 37.6 Å². The molecule has 1 fully saturated rings. The molecule has 1 N–H and O–H groups in total. The van der Waals surface area contributed by atoms with Crippen molar-refractivity contribution in [2.75, 3.05) is 25.0 Å². The molecular formula is C14H25N3OS. The largest absolute Gasteiger partial charge is 0.372 e. The van der Waals surface area contributed by atoms with Crippen molar-refractivity contribution in [2.45, 2.75) is 52.4 Å². The Balaban J connectivity index is 2.16. The van der Waals surface area contributed by atoms with E-state index in [9.17, 15) is 0 Å². The van der Waals surface area contributed by atoms with Crippen LogP contribution in [0.25, 0.3) is 0 Å². The minimum Gasteiger partial charge on any atom is -0.372 e. The molecular weight excluding hydrogens is 258 g/mol. The maximum Gasteiger partial charge on any atom is 0.186 e. The number of nitrogens with one attached hydrogen (secondary N) is 1. The molecule has 1 aromatic rings. The predicted molar refractivity (Wildman–Crippen MR) is 81.1 cm³/mol. The van der Waals surface area contributed by atoms with E-state index >= 15 is 0 Å². The molecule has 5 heteroatoms. The summed E-state index contributed by atoms with van der Waals surface area (Å²) in [6.07, 6.45) is 2.80. The highest BCUT2D eigenvalue weighted by Gasteiger charge is 2.25. The second kappa shape index (κ2) is 6.68. The molecule has 0 bridgehead atoms. The van der Waals surface area contributed by atoms with Crippen LogP contribution < -0.4 is 10.2 Å². The number of hydrogen-bond donors (Lipinski definition) is 1. The Morgan fingerprint density at radius 2 is 2.05 bits per heavy atom. The van der Waals surface area contributed by atoms with Crippen molar-refractivity contribution in [2.24, 2.45) is 0 Å². The van der Waals surface area contributed by atoms with Crippen molar-refractivity contribution in [1.82, 2.24) is 10.3 Å². The molecule has 108 valence electrons. The van der Waals surface area contributed by atoms with Crippen LogP contribution in [-0.4, -0.2) is 37.3 Å². The zero-order valence-electron chi connectivity index (χ0n) is 12.4. The monoisotopic (exact) mass is 283 g/mol. The highest BCUT2D eigenvalue weighted by Crippen LogP contribution is 2.29. The first-order valence-corrected chi connectivity index (χ1v) is 7.99. The number of aromatic nitrogens is 1. The Hall–Kier alpha value is -0.650. The lowest BCUT2D eigenvalue weighted by Crippen LogP contribution is -2.45. The summed E-state index contributed by atoms with van der Waals surface area (Å²) in [6.45, 7) is 9.30. The molecule has 2 rings (SSSR count). The number of rotatable bonds is 5. The van der Waals surface area contributed by atoms with Gasteiger partial charge in [-0.05, 0) is 27.3 Å². The van der Waals surface area contributed by atoms with Gasteiger partial charge in [0.05, 0.1) is 17.9 Å². The molecule has 2 heterocycles. The van der Waals surface area contributed by atoms with Gasteiger partial charge >= 0.3 is 0 Å². The van der Waals surface area contributed by atoms with Gasteiger partial charge in [-0.3, -0.25) is 0 Å². The van der Waals surface area contributed by atoms with Gasteiger partial charge in [0.25, 0.3) is 0 Å². The van der Waals surface area contributed by atoms with E-state index in [1.54, 1.807) is 0 Å². The van der Waals surface area contributed by atoms with Crippen LogP contribution in [0.1, 0.15) is 37.8 Å². The van der Waals surface area contributed by atoms with Crippen molar-refractivity contribution in [1.29, 1.82) is 0 Å². The minimum absolute atomic E-state index is 0.287. The summed E-state index contributed by atoms with van der Waals surface area (Å²) in [4.78, 5) is 8.62. The maximum absolute atomic E-state index is 5.79. The lowest BCUT2D eigenvalue weighted by atomic mass is 10.2. The Labute approximate surface area is 120 Å². The number of nitrogens with zero attached hydrogens (tertiary/aromatic N) is 2. The van der Waals surface area contributed by atoms with Gasteiger partial charge < -0.3 is 15.0 Å². The Bertz CT molecular complexity index is 374. The summed E-state index contributed by atoms with van der Waals surface area (Å²) in [5, 5.41) is 4.41. The van der Waals surface area contributed by atoms with Crippen LogP contribution in [-0.2, 0) is 17.7 Å². The van der Waals surface area contributed by atoms with E-state index in [2.05, 4.69) is 31.0 Å². The molecule has 2 atom stereocenters. The average molecular weight is 283 g/mol. The molecule has 1 aromatic heterocycles. The SMILES string of the molecule is CCCc1nc(N2CC(C)OC(C)C2)sc1CNC. The van der Waals surface area contributed by atoms with Crippen LogP contribution >= 0.6 is 11.3 Å². The average Bonchev–Trinajstić information content (AvgIpc) is 2.72. The molecule has 1 aliphatic heterocycles. The molecule has 2 unspecified atom stereocenters. The zero-order chi connectivity index (χ0) is 13.8. The van der Waals surface area contributed by atoms with Gasteiger partial charge in [-0.25, -0.2) is 4.98 Å². The molecule has 1 aliphatic rings. The highest BCUT2D eigenvalue weighted by molar-refractivity contribution is 7.15. The van der Waals surface area contributed by atoms with Gasteiger partial charge in [0.15, 0.2) is 5.13 Å². The van der Waals surface area contributed by atoms with Crippen LogP contribution in [0.5, 0.6) is 0 Å². The van der Waals surface area contributed by atoms with Crippen LogP contribution in [0, 0.1) is 0 Å². The molecule has 1 saturated heterocycles. The van der Waals surface area contributed by atoms with Gasteiger partial charge in [-0.15, -0.1) is 11.3 Å². The Morgan fingerprint density at radius 3 is 2.63 bits per heavy atom. The first kappa shape index (κ1) is 14.8. The summed E-state index contributed by atoms with van der Waals surface area (Å²) in [5.74, 6) is 0. The van der Waals surface area contributed by atoms with Gasteiger partial charge in [0.1, 0.15) is 0 Å². The maximum atomic E-state index is 5.79. The Kier molecular flexibility index (Phi) is 5.19. The lowest BCUT2D eigenvalue weighted by Gasteiger charge is -2.35. The van der Waals surface area contributed by atoms with Crippen molar-refractivity contribution >= 4 is 16.5 Å². The van der Waals surface area contributed by atoms with Gasteiger partial charge in [-0.2, -0.15) is 0 Å². The summed E-state index contributed by atoms with van der Waals surface area (Å²) in [7, 11) is 1.99. The second-order valence-electron chi connectivity index (χ2n) is 5.31. The molecule has 0 radical (unpaired) electrons. The summed E-state index contributed by atoms with van der Waals surface area (Å²) < 4.78 is 5.79. The summed E-state index contributed by atoms with van der Waals surface area (Å²) in [6, 6.07) is 0. The van der Waals surface area contributed by atoms with E-state index in [1.165, 1.54) is 10.6 Å². The van der Waals surface area contributed by atoms with E-state index in [0.29, 0.717) is 0 Å². The summed E-state index contributed by atoms with van der Waals surface area (Å²) >= 11 is 1.83. The van der Waals surface area contributed by atoms with E-state index in [4.69, 9.17) is 9.72 Å². The normalized spacial score (nSPS) is 23.9. The van der Waals surface area contributed by atoms with Crippen LogP contribution in [0.15, 0.2) is 0 Å². The van der Waals surface area contributed by atoms with Crippen LogP contribution in [0.3, 0.4) is 0 Å². The zero-order valence-corrected chi connectivity index (χ0v) is 13.2. The van der Waals surface area contributed by atoms with Gasteiger partial charge in [-0.1, -0.05) is 13.3 Å². The molecule has 0 aliphatic carbocycles. The van der Waals surface area contributed by atoms with E-state index in [-0.39, 0.29) is 12.2 Å². The van der Waals surface area contributed by atoms with Crippen LogP contribution in [0.4, 0.5) is 5.13 Å². The number of thiazole rings is 1. The third kappa shape index (κ3) is 3.68. The fourth-order valence-electron chi connectivity index (χ4n) is 2.57. The molecule has 4 nitrogen and oxygen atoms in total. The van der Waals surface area contributed by atoms with Crippen molar-refractivity contribution in [3.63, 3.8) is 0 Å². The lowest BCUT2D eigenvalue weighted by molar-refractivity contribution is -0.00523. The first-order chi connectivity index (χ1) is 9.13. The topological polar surface area (TPSA) is 37.4 Å². The van der Waals surface area contributed by atoms with Crippen LogP contribution in [0.2, 0.25) is 0 Å². The Morgan fingerprint density at radius 1 is 1.37 bits per heavy atom. The van der Waals surface area contributed by atoms with Crippen molar-refractivity contribution in [3.8, 4) is 0 Å². The van der Waals surface area contributed by atoms with Gasteiger partial charge in [0.2, 0.25) is 0 Å². The number of ether oxygens (including phenoxy) is 1. The quantitative estimate of drug-likeness (QED) is 0.900. The molecule has 0 spiro atoms. The number of morpholine rings is 1. The van der Waals surface area contributed by atoms with E-state index < -0.39 is 0 Å². The van der Waals surface area contributed by atoms with Crippen molar-refractivity contribution in [3.05, 3.63) is 10.6 Å². The van der Waals surface area contributed by atoms with Gasteiger partial charge in [0, 0.05) is 24.5 Å². The third-order valence-electron chi connectivity index (χ3n) is 3.28. The molecule has 0 aromatic carbocycles. The fraction of sp³-hybridized carbons (Fsp3) is 0.786. The first-order valence-electron chi connectivity index (χ1n) is 7.17. The molecule has 0 amide bonds. The van der Waals surface area contributed by atoms with E-state index in [1.807, 2.05) is 18.4 Å². The number of aryl methyl sites for hydroxylation is 1. The smallest absolute Gasteiger partial charge is 0.186 e. The molecule has 0 saturated carbocycles. The minimum atomic E-state index is 0.287. The third-order valence-corrected chi connectivity index (χ3v) is 4.44. The molecule has 19 heavy (non-hydrogen) atoms.